The summed E-state index contributed by atoms with van der Waals surface area (Å²) in [6.45, 7) is 2.25. The fraction of sp³-hybridized carbons (Fsp3) is 0.304. The van der Waals surface area contributed by atoms with Gasteiger partial charge in [-0.2, -0.15) is 5.10 Å². The zero-order valence-electron chi connectivity index (χ0n) is 16.2. The molecule has 1 saturated carbocycles. The monoisotopic (exact) mass is 375 g/mol. The topological polar surface area (TPSA) is 69.2 Å². The second-order valence-electron chi connectivity index (χ2n) is 7.64. The van der Waals surface area contributed by atoms with E-state index in [1.54, 1.807) is 18.9 Å². The van der Waals surface area contributed by atoms with E-state index in [0.29, 0.717) is 18.0 Å². The number of H-pyrrole nitrogens is 1. The molecule has 0 spiro atoms. The van der Waals surface area contributed by atoms with Gasteiger partial charge in [0.1, 0.15) is 0 Å². The minimum absolute atomic E-state index is 0.0314. The molecule has 144 valence electrons. The van der Waals surface area contributed by atoms with Crippen molar-refractivity contribution in [2.24, 2.45) is 0 Å². The van der Waals surface area contributed by atoms with Crippen molar-refractivity contribution in [3.05, 3.63) is 77.1 Å². The second-order valence-corrected chi connectivity index (χ2v) is 7.64. The maximum atomic E-state index is 12.9. The Balaban J connectivity index is 1.51. The van der Waals surface area contributed by atoms with Crippen molar-refractivity contribution >= 4 is 5.91 Å². The Kier molecular flexibility index (Phi) is 5.01. The Morgan fingerprint density at radius 2 is 1.89 bits per heavy atom. The highest BCUT2D eigenvalue weighted by molar-refractivity contribution is 5.95. The first-order valence-corrected chi connectivity index (χ1v) is 9.69. The van der Waals surface area contributed by atoms with Crippen LogP contribution < -0.4 is 0 Å². The summed E-state index contributed by atoms with van der Waals surface area (Å²) < 4.78 is 0. The number of benzene rings is 2. The summed E-state index contributed by atoms with van der Waals surface area (Å²) in [5.41, 5.74) is 5.51. The Bertz CT molecular complexity index is 989. The van der Waals surface area contributed by atoms with Gasteiger partial charge in [-0.15, -0.1) is 0 Å². The van der Waals surface area contributed by atoms with Gasteiger partial charge in [-0.05, 0) is 60.7 Å². The van der Waals surface area contributed by atoms with Crippen molar-refractivity contribution in [3.63, 3.8) is 0 Å². The molecule has 28 heavy (non-hydrogen) atoms. The fourth-order valence-electron chi connectivity index (χ4n) is 3.41. The largest absolute Gasteiger partial charge is 0.389 e. The van der Waals surface area contributed by atoms with Crippen LogP contribution in [-0.2, 0) is 6.54 Å². The van der Waals surface area contributed by atoms with Gasteiger partial charge in [0.25, 0.3) is 5.91 Å². The van der Waals surface area contributed by atoms with E-state index < -0.39 is 6.10 Å². The number of hydrogen-bond donors (Lipinski definition) is 2. The Morgan fingerprint density at radius 1 is 1.18 bits per heavy atom. The number of carbonyl (C=O) groups is 1. The third-order valence-corrected chi connectivity index (χ3v) is 5.21. The van der Waals surface area contributed by atoms with Crippen molar-refractivity contribution in [2.45, 2.75) is 38.3 Å². The molecule has 0 saturated heterocycles. The van der Waals surface area contributed by atoms with Crippen molar-refractivity contribution < 1.29 is 9.90 Å². The molecular weight excluding hydrogens is 350 g/mol. The first kappa shape index (κ1) is 18.4. The van der Waals surface area contributed by atoms with Gasteiger partial charge in [-0.25, -0.2) is 0 Å². The number of aliphatic hydroxyl groups is 1. The number of rotatable bonds is 6. The number of nitrogens with one attached hydrogen (secondary N) is 1. The van der Waals surface area contributed by atoms with Crippen LogP contribution in [0.15, 0.2) is 54.6 Å². The van der Waals surface area contributed by atoms with Gasteiger partial charge in [-0.1, -0.05) is 30.3 Å². The van der Waals surface area contributed by atoms with Crippen LogP contribution >= 0.6 is 0 Å². The van der Waals surface area contributed by atoms with Crippen LogP contribution in [0.1, 0.15) is 59.1 Å². The lowest BCUT2D eigenvalue weighted by Crippen LogP contribution is -2.26. The number of hydrogen-bond acceptors (Lipinski definition) is 3. The van der Waals surface area contributed by atoms with Crippen molar-refractivity contribution in [1.29, 1.82) is 0 Å². The normalized spacial score (nSPS) is 14.7. The fourth-order valence-corrected chi connectivity index (χ4v) is 3.41. The summed E-state index contributed by atoms with van der Waals surface area (Å²) >= 11 is 0. The van der Waals surface area contributed by atoms with Gasteiger partial charge in [0, 0.05) is 18.5 Å². The summed E-state index contributed by atoms with van der Waals surface area (Å²) in [6, 6.07) is 17.5. The van der Waals surface area contributed by atoms with Crippen LogP contribution in [0.5, 0.6) is 0 Å². The molecule has 3 aromatic rings. The zero-order valence-corrected chi connectivity index (χ0v) is 16.2. The molecule has 1 fully saturated rings. The number of aromatic nitrogens is 2. The lowest BCUT2D eigenvalue weighted by atomic mass is 9.99. The molecule has 1 aromatic heterocycles. The lowest BCUT2D eigenvalue weighted by Gasteiger charge is -2.17. The predicted octanol–water partition coefficient (Wildman–Crippen LogP) is 4.28. The summed E-state index contributed by atoms with van der Waals surface area (Å²) in [6.07, 6.45) is 1.90. The Labute approximate surface area is 165 Å². The van der Waals surface area contributed by atoms with Crippen LogP contribution in [0.3, 0.4) is 0 Å². The molecule has 1 atom stereocenters. The van der Waals surface area contributed by atoms with Gasteiger partial charge >= 0.3 is 0 Å². The number of nitrogens with zero attached hydrogens (tertiary/aromatic N) is 2. The third-order valence-electron chi connectivity index (χ3n) is 5.21. The van der Waals surface area contributed by atoms with E-state index in [1.165, 1.54) is 12.8 Å². The average Bonchev–Trinajstić information content (AvgIpc) is 3.47. The average molecular weight is 375 g/mol. The summed E-state index contributed by atoms with van der Waals surface area (Å²) in [7, 11) is 1.81. The van der Waals surface area contributed by atoms with E-state index >= 15 is 0 Å². The molecule has 4 rings (SSSR count). The summed E-state index contributed by atoms with van der Waals surface area (Å²) in [5.74, 6) is 0.566. The Hall–Kier alpha value is -2.92. The molecule has 5 nitrogen and oxygen atoms in total. The third kappa shape index (κ3) is 3.99. The van der Waals surface area contributed by atoms with Crippen molar-refractivity contribution in [3.8, 4) is 11.1 Å². The maximum absolute atomic E-state index is 12.9. The summed E-state index contributed by atoms with van der Waals surface area (Å²) in [5, 5.41) is 17.2. The number of aromatic amines is 1. The number of amides is 1. The standard InChI is InChI=1S/C23H25N3O2/c1-15(27)17-5-3-6-18(11-17)19-7-4-8-20(12-19)23(28)26(2)14-21-13-22(25-24-21)16-9-10-16/h3-8,11-13,15-16,27H,9-10,14H2,1-2H3,(H,24,25). The quantitative estimate of drug-likeness (QED) is 0.676. The van der Waals surface area contributed by atoms with Gasteiger partial charge in [0.05, 0.1) is 24.0 Å². The first-order chi connectivity index (χ1) is 13.5. The van der Waals surface area contributed by atoms with Crippen LogP contribution in [0.2, 0.25) is 0 Å². The van der Waals surface area contributed by atoms with Gasteiger partial charge in [0.2, 0.25) is 0 Å². The lowest BCUT2D eigenvalue weighted by molar-refractivity contribution is 0.0783. The van der Waals surface area contributed by atoms with Gasteiger partial charge < -0.3 is 10.0 Å². The van der Waals surface area contributed by atoms with E-state index in [4.69, 9.17) is 0 Å². The molecular formula is C23H25N3O2. The molecule has 0 aliphatic heterocycles. The zero-order chi connectivity index (χ0) is 19.7. The molecule has 1 amide bonds. The first-order valence-electron chi connectivity index (χ1n) is 9.69. The van der Waals surface area contributed by atoms with Crippen LogP contribution in [0.25, 0.3) is 11.1 Å². The van der Waals surface area contributed by atoms with Crippen LogP contribution in [0, 0.1) is 0 Å². The SMILES string of the molecule is CC(O)c1cccc(-c2cccc(C(=O)N(C)Cc3cc(C4CC4)n[nH]3)c2)c1. The summed E-state index contributed by atoms with van der Waals surface area (Å²) in [4.78, 5) is 14.6. The molecule has 0 bridgehead atoms. The molecule has 1 aliphatic carbocycles. The van der Waals surface area contributed by atoms with E-state index in [1.807, 2.05) is 48.5 Å². The second kappa shape index (κ2) is 7.60. The highest BCUT2D eigenvalue weighted by atomic mass is 16.3. The van der Waals surface area contributed by atoms with E-state index in [2.05, 4.69) is 16.3 Å². The minimum Gasteiger partial charge on any atom is -0.389 e. The smallest absolute Gasteiger partial charge is 0.253 e. The maximum Gasteiger partial charge on any atom is 0.253 e. The molecule has 1 aliphatic rings. The highest BCUT2D eigenvalue weighted by Crippen LogP contribution is 2.39. The Morgan fingerprint density at radius 3 is 2.61 bits per heavy atom. The molecule has 2 aromatic carbocycles. The number of aliphatic hydroxyl groups excluding tert-OH is 1. The van der Waals surface area contributed by atoms with Crippen molar-refractivity contribution in [2.75, 3.05) is 7.05 Å². The molecule has 0 radical (unpaired) electrons. The van der Waals surface area contributed by atoms with E-state index in [0.717, 1.165) is 28.1 Å². The van der Waals surface area contributed by atoms with Crippen molar-refractivity contribution in [1.82, 2.24) is 15.1 Å². The highest BCUT2D eigenvalue weighted by Gasteiger charge is 2.26. The van der Waals surface area contributed by atoms with E-state index in [9.17, 15) is 9.90 Å². The molecule has 1 heterocycles. The van der Waals surface area contributed by atoms with Crippen LogP contribution in [-0.4, -0.2) is 33.2 Å². The minimum atomic E-state index is -0.522. The molecule has 2 N–H and O–H groups in total. The molecule has 5 heteroatoms. The van der Waals surface area contributed by atoms with E-state index in [-0.39, 0.29) is 5.91 Å². The van der Waals surface area contributed by atoms with Gasteiger partial charge in [-0.3, -0.25) is 9.89 Å². The predicted molar refractivity (Wildman–Crippen MR) is 109 cm³/mol. The number of carbonyl (C=O) groups excluding carboxylic acids is 1. The van der Waals surface area contributed by atoms with Gasteiger partial charge in [0.15, 0.2) is 0 Å². The van der Waals surface area contributed by atoms with Crippen LogP contribution in [0.4, 0.5) is 0 Å². The molecule has 1 unspecified atom stereocenters.